The molecule has 25 heavy (non-hydrogen) atoms. The maximum Gasteiger partial charge on any atom is 0.142 e. The first-order valence-electron chi connectivity index (χ1n) is 8.41. The number of thiophene rings is 1. The van der Waals surface area contributed by atoms with Crippen molar-refractivity contribution in [1.29, 1.82) is 0 Å². The first kappa shape index (κ1) is 16.4. The summed E-state index contributed by atoms with van der Waals surface area (Å²) in [6.45, 7) is 5.40. The van der Waals surface area contributed by atoms with E-state index in [1.54, 1.807) is 22.7 Å². The fourth-order valence-corrected chi connectivity index (χ4v) is 4.57. The van der Waals surface area contributed by atoms with Crippen molar-refractivity contribution in [3.8, 4) is 21.4 Å². The summed E-state index contributed by atoms with van der Waals surface area (Å²) in [5.74, 6) is 1.84. The summed E-state index contributed by atoms with van der Waals surface area (Å²) in [6, 6.07) is 8.31. The Kier molecular flexibility index (Phi) is 4.63. The Morgan fingerprint density at radius 3 is 3.08 bits per heavy atom. The minimum atomic E-state index is 0.228. The van der Waals surface area contributed by atoms with E-state index >= 15 is 0 Å². The van der Waals surface area contributed by atoms with Crippen LogP contribution in [0.25, 0.3) is 9.88 Å². The van der Waals surface area contributed by atoms with E-state index in [0.29, 0.717) is 13.2 Å². The number of nitrogens with one attached hydrogen (secondary N) is 1. The molecule has 1 aromatic carbocycles. The molecule has 3 aromatic rings. The molecule has 0 amide bonds. The van der Waals surface area contributed by atoms with Crippen molar-refractivity contribution >= 4 is 28.4 Å². The van der Waals surface area contributed by atoms with E-state index in [0.717, 1.165) is 34.3 Å². The fraction of sp³-hybridized carbons (Fsp3) is 0.316. The van der Waals surface area contributed by atoms with Gasteiger partial charge in [0.05, 0.1) is 29.4 Å². The second-order valence-electron chi connectivity index (χ2n) is 6.00. The van der Waals surface area contributed by atoms with Crippen LogP contribution < -0.4 is 14.8 Å². The van der Waals surface area contributed by atoms with Crippen molar-refractivity contribution in [2.24, 2.45) is 0 Å². The number of hydrogen-bond acceptors (Lipinski definition) is 6. The Morgan fingerprint density at radius 2 is 2.28 bits per heavy atom. The van der Waals surface area contributed by atoms with Crippen molar-refractivity contribution in [2.45, 2.75) is 32.9 Å². The number of hydrogen-bond donors (Lipinski definition) is 1. The van der Waals surface area contributed by atoms with Crippen molar-refractivity contribution in [3.05, 3.63) is 46.3 Å². The zero-order valence-electron chi connectivity index (χ0n) is 14.2. The summed E-state index contributed by atoms with van der Waals surface area (Å²) in [5.41, 5.74) is 3.21. The second kappa shape index (κ2) is 7.06. The van der Waals surface area contributed by atoms with Gasteiger partial charge in [-0.25, -0.2) is 4.98 Å². The van der Waals surface area contributed by atoms with Crippen LogP contribution in [0, 0.1) is 0 Å². The monoisotopic (exact) mass is 372 g/mol. The third-order valence-electron chi connectivity index (χ3n) is 4.04. The van der Waals surface area contributed by atoms with Crippen LogP contribution in [0.3, 0.4) is 0 Å². The number of anilines is 1. The lowest BCUT2D eigenvalue weighted by Gasteiger charge is -2.13. The molecular weight excluding hydrogens is 352 g/mol. The summed E-state index contributed by atoms with van der Waals surface area (Å²) in [5, 5.41) is 8.72. The van der Waals surface area contributed by atoms with Crippen LogP contribution in [0.5, 0.6) is 11.5 Å². The molecule has 0 saturated carbocycles. The third kappa shape index (κ3) is 3.50. The molecule has 0 aliphatic carbocycles. The minimum absolute atomic E-state index is 0.228. The zero-order chi connectivity index (χ0) is 17.2. The lowest BCUT2D eigenvalue weighted by molar-refractivity contribution is 0.254. The van der Waals surface area contributed by atoms with E-state index < -0.39 is 0 Å². The van der Waals surface area contributed by atoms with Gasteiger partial charge >= 0.3 is 0 Å². The van der Waals surface area contributed by atoms with Crippen LogP contribution in [0.4, 0.5) is 5.69 Å². The normalized spacial score (nSPS) is 15.7. The molecule has 0 saturated heterocycles. The molecule has 1 atom stereocenters. The van der Waals surface area contributed by atoms with Gasteiger partial charge in [0.25, 0.3) is 0 Å². The van der Waals surface area contributed by atoms with Gasteiger partial charge in [-0.15, -0.1) is 22.7 Å². The molecular formula is C19H20N2O2S2. The fourth-order valence-electron chi connectivity index (χ4n) is 2.94. The number of fused-ring (bicyclic) bond motifs is 1. The molecule has 6 heteroatoms. The van der Waals surface area contributed by atoms with Crippen LogP contribution in [0.15, 0.2) is 35.0 Å². The van der Waals surface area contributed by atoms with Crippen LogP contribution in [-0.4, -0.2) is 17.7 Å². The van der Waals surface area contributed by atoms with Crippen LogP contribution >= 0.6 is 22.7 Å². The zero-order valence-corrected chi connectivity index (χ0v) is 15.9. The van der Waals surface area contributed by atoms with Crippen molar-refractivity contribution < 1.29 is 9.47 Å². The molecule has 2 aromatic heterocycles. The predicted molar refractivity (Wildman–Crippen MR) is 104 cm³/mol. The molecule has 0 radical (unpaired) electrons. The quantitative estimate of drug-likeness (QED) is 0.645. The van der Waals surface area contributed by atoms with E-state index in [2.05, 4.69) is 47.3 Å². The number of ether oxygens (including phenoxy) is 2. The number of aromatic nitrogens is 1. The first-order chi connectivity index (χ1) is 12.2. The second-order valence-corrected chi connectivity index (χ2v) is 7.80. The Hall–Kier alpha value is -2.05. The summed E-state index contributed by atoms with van der Waals surface area (Å²) in [7, 11) is 0. The van der Waals surface area contributed by atoms with Gasteiger partial charge in [0.15, 0.2) is 0 Å². The number of benzene rings is 1. The smallest absolute Gasteiger partial charge is 0.142 e. The van der Waals surface area contributed by atoms with Gasteiger partial charge in [0.1, 0.15) is 22.6 Å². The first-order valence-corrected chi connectivity index (χ1v) is 10.2. The highest BCUT2D eigenvalue weighted by Gasteiger charge is 2.22. The highest BCUT2D eigenvalue weighted by Crippen LogP contribution is 2.38. The van der Waals surface area contributed by atoms with Crippen LogP contribution in [0.1, 0.15) is 25.1 Å². The Labute approximate surface area is 155 Å². The van der Waals surface area contributed by atoms with Crippen LogP contribution in [0.2, 0.25) is 0 Å². The van der Waals surface area contributed by atoms with Gasteiger partial charge in [-0.1, -0.05) is 6.07 Å². The average Bonchev–Trinajstić information content (AvgIpc) is 3.32. The number of nitrogens with zero attached hydrogens (tertiary/aromatic N) is 1. The van der Waals surface area contributed by atoms with Crippen molar-refractivity contribution in [1.82, 2.24) is 4.98 Å². The van der Waals surface area contributed by atoms with E-state index in [1.165, 1.54) is 10.4 Å². The molecule has 1 aliphatic rings. The Bertz CT molecular complexity index is 858. The largest absolute Gasteiger partial charge is 0.492 e. The lowest BCUT2D eigenvalue weighted by atomic mass is 10.1. The van der Waals surface area contributed by atoms with Gasteiger partial charge in [-0.05, 0) is 31.4 Å². The number of thiazole rings is 1. The third-order valence-corrected chi connectivity index (χ3v) is 5.97. The molecule has 4 rings (SSSR count). The van der Waals surface area contributed by atoms with Crippen molar-refractivity contribution in [2.75, 3.05) is 11.9 Å². The molecule has 1 N–H and O–H groups in total. The summed E-state index contributed by atoms with van der Waals surface area (Å²) in [4.78, 5) is 5.94. The van der Waals surface area contributed by atoms with Crippen LogP contribution in [-0.2, 0) is 13.0 Å². The highest BCUT2D eigenvalue weighted by atomic mass is 32.1. The maximum absolute atomic E-state index is 5.88. The van der Waals surface area contributed by atoms with Gasteiger partial charge in [0, 0.05) is 23.4 Å². The predicted octanol–water partition coefficient (Wildman–Crippen LogP) is 5.21. The maximum atomic E-state index is 5.88. The summed E-state index contributed by atoms with van der Waals surface area (Å²) in [6.07, 6.45) is 1.16. The average molecular weight is 373 g/mol. The SMILES string of the molecule is CCOc1cc2c(cc1NCc1csc(-c3cccs3)n1)OC(C)C2. The van der Waals surface area contributed by atoms with E-state index in [-0.39, 0.29) is 6.10 Å². The molecule has 0 fully saturated rings. The molecule has 1 unspecified atom stereocenters. The summed E-state index contributed by atoms with van der Waals surface area (Å²) >= 11 is 3.40. The van der Waals surface area contributed by atoms with Gasteiger partial charge < -0.3 is 14.8 Å². The molecule has 3 heterocycles. The molecule has 1 aliphatic heterocycles. The topological polar surface area (TPSA) is 43.4 Å². The highest BCUT2D eigenvalue weighted by molar-refractivity contribution is 7.20. The van der Waals surface area contributed by atoms with Gasteiger partial charge in [-0.3, -0.25) is 0 Å². The number of rotatable bonds is 6. The van der Waals surface area contributed by atoms with Gasteiger partial charge in [0.2, 0.25) is 0 Å². The van der Waals surface area contributed by atoms with E-state index in [1.807, 2.05) is 6.92 Å². The van der Waals surface area contributed by atoms with Crippen molar-refractivity contribution in [3.63, 3.8) is 0 Å². The summed E-state index contributed by atoms with van der Waals surface area (Å²) < 4.78 is 11.7. The van der Waals surface area contributed by atoms with Gasteiger partial charge in [-0.2, -0.15) is 0 Å². The van der Waals surface area contributed by atoms with E-state index in [9.17, 15) is 0 Å². The Balaban J connectivity index is 1.51. The molecule has 130 valence electrons. The minimum Gasteiger partial charge on any atom is -0.492 e. The molecule has 0 spiro atoms. The Morgan fingerprint density at radius 1 is 1.36 bits per heavy atom. The molecule has 0 bridgehead atoms. The lowest BCUT2D eigenvalue weighted by Crippen LogP contribution is -2.05. The standard InChI is InChI=1S/C19H20N2O2S2/c1-3-22-17-8-13-7-12(2)23-16(13)9-15(17)20-10-14-11-25-19(21-14)18-5-4-6-24-18/h4-6,8-9,11-12,20H,3,7,10H2,1-2H3. The van der Waals surface area contributed by atoms with E-state index in [4.69, 9.17) is 14.5 Å². The molecule has 4 nitrogen and oxygen atoms in total.